The van der Waals surface area contributed by atoms with E-state index in [0.717, 1.165) is 19.2 Å². The zero-order valence-electron chi connectivity index (χ0n) is 7.88. The first-order valence-electron chi connectivity index (χ1n) is 4.43. The van der Waals surface area contributed by atoms with Crippen LogP contribution in [0.5, 0.6) is 0 Å². The lowest BCUT2D eigenvalue weighted by molar-refractivity contribution is 1.17. The Labute approximate surface area is 130 Å². The minimum Gasteiger partial charge on any atom is -0.130 e. The lowest BCUT2D eigenvalue weighted by Crippen LogP contribution is -1.92. The van der Waals surface area contributed by atoms with Crippen LogP contribution in [-0.2, 0) is 0 Å². The van der Waals surface area contributed by atoms with Gasteiger partial charge in [0.15, 0.2) is 0 Å². The molecule has 0 amide bonds. The fourth-order valence-electron chi connectivity index (χ4n) is 1.32. The minimum absolute atomic E-state index is 0.137. The average Bonchev–Trinajstić information content (AvgIpc) is 2.59. The molecule has 0 saturated carbocycles. The Hall–Kier alpha value is 0.710. The summed E-state index contributed by atoms with van der Waals surface area (Å²) in [6.07, 6.45) is 0. The smallest absolute Gasteiger partial charge is 0.0938 e. The second kappa shape index (κ2) is 5.57. The Morgan fingerprint density at radius 1 is 1.31 bits per heavy atom. The summed E-state index contributed by atoms with van der Waals surface area (Å²) in [5, 5.41) is 0.582. The third-order valence-corrected chi connectivity index (χ3v) is 6.21. The standard InChI is InChI=1S/C11H6BrCl2IS/c12-11-7(13)5-9(16-11)10(14)6-3-1-2-4-8(6)15/h1-5,10H. The van der Waals surface area contributed by atoms with Gasteiger partial charge >= 0.3 is 0 Å². The predicted molar refractivity (Wildman–Crippen MR) is 83.9 cm³/mol. The van der Waals surface area contributed by atoms with Crippen LogP contribution in [-0.4, -0.2) is 0 Å². The van der Waals surface area contributed by atoms with Gasteiger partial charge in [-0.05, 0) is 56.2 Å². The van der Waals surface area contributed by atoms with Crippen molar-refractivity contribution in [3.05, 3.63) is 53.2 Å². The predicted octanol–water partition coefficient (Wildman–Crippen LogP) is 6.10. The second-order valence-electron chi connectivity index (χ2n) is 3.15. The highest BCUT2D eigenvalue weighted by Crippen LogP contribution is 2.41. The molecular formula is C11H6BrCl2IS. The summed E-state index contributed by atoms with van der Waals surface area (Å²) >= 11 is 19.7. The van der Waals surface area contributed by atoms with E-state index in [2.05, 4.69) is 44.6 Å². The van der Waals surface area contributed by atoms with Crippen molar-refractivity contribution in [2.45, 2.75) is 5.38 Å². The molecule has 0 N–H and O–H groups in total. The molecule has 1 heterocycles. The number of benzene rings is 1. The van der Waals surface area contributed by atoms with Crippen LogP contribution in [0.3, 0.4) is 0 Å². The maximum atomic E-state index is 6.45. The summed E-state index contributed by atoms with van der Waals surface area (Å²) in [7, 11) is 0. The Balaban J connectivity index is 2.39. The van der Waals surface area contributed by atoms with E-state index in [4.69, 9.17) is 23.2 Å². The van der Waals surface area contributed by atoms with Crippen molar-refractivity contribution in [3.8, 4) is 0 Å². The molecule has 1 unspecified atom stereocenters. The molecule has 0 bridgehead atoms. The molecule has 1 aromatic heterocycles. The van der Waals surface area contributed by atoms with Crippen LogP contribution in [0, 0.1) is 3.57 Å². The number of hydrogen-bond donors (Lipinski definition) is 0. The van der Waals surface area contributed by atoms with Crippen LogP contribution >= 0.6 is 73.1 Å². The highest BCUT2D eigenvalue weighted by molar-refractivity contribution is 14.1. The molecule has 1 atom stereocenters. The van der Waals surface area contributed by atoms with Crippen molar-refractivity contribution in [2.75, 3.05) is 0 Å². The Morgan fingerprint density at radius 2 is 2.00 bits per heavy atom. The number of halogens is 4. The van der Waals surface area contributed by atoms with Gasteiger partial charge in [-0.25, -0.2) is 0 Å². The fraction of sp³-hybridized carbons (Fsp3) is 0.0909. The normalized spacial score (nSPS) is 12.8. The van der Waals surface area contributed by atoms with E-state index in [1.54, 1.807) is 11.3 Å². The highest BCUT2D eigenvalue weighted by atomic mass is 127. The largest absolute Gasteiger partial charge is 0.130 e. The fourth-order valence-corrected chi connectivity index (χ4v) is 4.34. The van der Waals surface area contributed by atoms with E-state index >= 15 is 0 Å². The van der Waals surface area contributed by atoms with Gasteiger partial charge in [-0.2, -0.15) is 0 Å². The van der Waals surface area contributed by atoms with Crippen molar-refractivity contribution in [2.24, 2.45) is 0 Å². The molecule has 16 heavy (non-hydrogen) atoms. The van der Waals surface area contributed by atoms with Crippen molar-refractivity contribution in [1.29, 1.82) is 0 Å². The van der Waals surface area contributed by atoms with Gasteiger partial charge in [0.05, 0.1) is 14.2 Å². The molecule has 0 spiro atoms. The number of hydrogen-bond acceptors (Lipinski definition) is 1. The Morgan fingerprint density at radius 3 is 2.56 bits per heavy atom. The van der Waals surface area contributed by atoms with Crippen LogP contribution < -0.4 is 0 Å². The molecule has 2 aromatic rings. The summed E-state index contributed by atoms with van der Waals surface area (Å²) in [6.45, 7) is 0. The monoisotopic (exact) mass is 446 g/mol. The van der Waals surface area contributed by atoms with Gasteiger partial charge in [-0.1, -0.05) is 29.8 Å². The van der Waals surface area contributed by atoms with E-state index in [0.29, 0.717) is 0 Å². The van der Waals surface area contributed by atoms with E-state index in [1.807, 2.05) is 24.3 Å². The van der Waals surface area contributed by atoms with E-state index in [9.17, 15) is 0 Å². The van der Waals surface area contributed by atoms with Crippen molar-refractivity contribution in [3.63, 3.8) is 0 Å². The number of alkyl halides is 1. The Kier molecular flexibility index (Phi) is 4.58. The maximum Gasteiger partial charge on any atom is 0.0938 e. The summed E-state index contributed by atoms with van der Waals surface area (Å²) in [4.78, 5) is 1.06. The van der Waals surface area contributed by atoms with Gasteiger partial charge < -0.3 is 0 Å². The van der Waals surface area contributed by atoms with Crippen LogP contribution in [0.25, 0.3) is 0 Å². The minimum atomic E-state index is -0.137. The van der Waals surface area contributed by atoms with Crippen LogP contribution in [0.4, 0.5) is 0 Å². The number of thiophene rings is 1. The molecule has 0 saturated heterocycles. The molecule has 2 rings (SSSR count). The van der Waals surface area contributed by atoms with Crippen LogP contribution in [0.1, 0.15) is 15.8 Å². The molecule has 84 valence electrons. The Bertz CT molecular complexity index is 493. The quantitative estimate of drug-likeness (QED) is 0.385. The third-order valence-electron chi connectivity index (χ3n) is 2.09. The first-order valence-corrected chi connectivity index (χ1v) is 7.93. The highest BCUT2D eigenvalue weighted by Gasteiger charge is 2.17. The zero-order valence-corrected chi connectivity index (χ0v) is 14.0. The van der Waals surface area contributed by atoms with Gasteiger partial charge in [0.25, 0.3) is 0 Å². The molecule has 0 aliphatic rings. The van der Waals surface area contributed by atoms with Gasteiger partial charge in [0, 0.05) is 8.45 Å². The van der Waals surface area contributed by atoms with Gasteiger partial charge in [-0.15, -0.1) is 22.9 Å². The first-order chi connectivity index (χ1) is 7.59. The molecule has 5 heteroatoms. The van der Waals surface area contributed by atoms with Gasteiger partial charge in [0.2, 0.25) is 0 Å². The molecule has 0 aliphatic carbocycles. The van der Waals surface area contributed by atoms with Crippen molar-refractivity contribution < 1.29 is 0 Å². The molecule has 1 aromatic carbocycles. The van der Waals surface area contributed by atoms with Gasteiger partial charge in [0.1, 0.15) is 0 Å². The van der Waals surface area contributed by atoms with Crippen molar-refractivity contribution in [1.82, 2.24) is 0 Å². The summed E-state index contributed by atoms with van der Waals surface area (Å²) in [5.41, 5.74) is 1.12. The first kappa shape index (κ1) is 13.1. The third kappa shape index (κ3) is 2.75. The summed E-state index contributed by atoms with van der Waals surface area (Å²) in [5.74, 6) is 0. The van der Waals surface area contributed by atoms with E-state index in [1.165, 1.54) is 3.57 Å². The molecule has 0 fully saturated rings. The number of rotatable bonds is 2. The molecule has 0 aliphatic heterocycles. The van der Waals surface area contributed by atoms with Gasteiger partial charge in [-0.3, -0.25) is 0 Å². The topological polar surface area (TPSA) is 0 Å². The lowest BCUT2D eigenvalue weighted by Gasteiger charge is -2.09. The average molecular weight is 448 g/mol. The van der Waals surface area contributed by atoms with E-state index < -0.39 is 0 Å². The zero-order chi connectivity index (χ0) is 11.7. The second-order valence-corrected chi connectivity index (χ2v) is 7.56. The summed E-state index contributed by atoms with van der Waals surface area (Å²) < 4.78 is 2.10. The van der Waals surface area contributed by atoms with Crippen molar-refractivity contribution >= 4 is 73.1 Å². The van der Waals surface area contributed by atoms with Crippen LogP contribution in [0.2, 0.25) is 5.02 Å². The van der Waals surface area contributed by atoms with Crippen LogP contribution in [0.15, 0.2) is 34.1 Å². The molecule has 0 nitrogen and oxygen atoms in total. The van der Waals surface area contributed by atoms with E-state index in [-0.39, 0.29) is 5.38 Å². The molecular weight excluding hydrogens is 442 g/mol. The summed E-state index contributed by atoms with van der Waals surface area (Å²) in [6, 6.07) is 10.0. The molecule has 0 radical (unpaired) electrons. The lowest BCUT2D eigenvalue weighted by atomic mass is 10.1. The maximum absolute atomic E-state index is 6.45. The SMILES string of the molecule is Clc1cc(C(Cl)c2ccccc2I)sc1Br.